The number of carbonyl (C=O) groups excluding carboxylic acids is 1. The molecule has 1 atom stereocenters. The van der Waals surface area contributed by atoms with E-state index in [0.29, 0.717) is 36.9 Å². The summed E-state index contributed by atoms with van der Waals surface area (Å²) in [7, 11) is -3.71. The molecule has 1 unspecified atom stereocenters. The number of likely N-dealkylation sites (tertiary alicyclic amines) is 1. The lowest BCUT2D eigenvalue weighted by atomic mass is 9.97. The highest BCUT2D eigenvalue weighted by Gasteiger charge is 2.37. The number of piperidine rings is 2. The molecule has 3 heterocycles. The summed E-state index contributed by atoms with van der Waals surface area (Å²) >= 11 is 0. The summed E-state index contributed by atoms with van der Waals surface area (Å²) in [4.78, 5) is 15.3. The third-order valence-electron chi connectivity index (χ3n) is 5.93. The molecule has 0 aromatic carbocycles. The quantitative estimate of drug-likeness (QED) is 0.791. The van der Waals surface area contributed by atoms with Crippen LogP contribution in [0.5, 0.6) is 0 Å². The first-order valence-electron chi connectivity index (χ1n) is 10.2. The van der Waals surface area contributed by atoms with Crippen LogP contribution >= 0.6 is 0 Å². The topological polar surface area (TPSA) is 95.8 Å². The van der Waals surface area contributed by atoms with E-state index in [0.717, 1.165) is 25.9 Å². The van der Waals surface area contributed by atoms with Crippen molar-refractivity contribution in [3.8, 4) is 0 Å². The van der Waals surface area contributed by atoms with E-state index in [1.54, 1.807) is 13.8 Å². The van der Waals surface area contributed by atoms with Gasteiger partial charge in [0, 0.05) is 38.3 Å². The fourth-order valence-electron chi connectivity index (χ4n) is 4.23. The Morgan fingerprint density at radius 3 is 2.43 bits per heavy atom. The lowest BCUT2D eigenvalue weighted by Crippen LogP contribution is -2.50. The van der Waals surface area contributed by atoms with Gasteiger partial charge in [0.2, 0.25) is 15.9 Å². The molecule has 28 heavy (non-hydrogen) atoms. The summed E-state index contributed by atoms with van der Waals surface area (Å²) in [6.45, 7) is 10.2. The van der Waals surface area contributed by atoms with Gasteiger partial charge in [0.1, 0.15) is 10.6 Å². The Kier molecular flexibility index (Phi) is 6.46. The molecule has 2 aliphatic rings. The second kappa shape index (κ2) is 8.51. The van der Waals surface area contributed by atoms with Gasteiger partial charge in [0.15, 0.2) is 5.76 Å². The maximum absolute atomic E-state index is 13.0. The molecule has 1 N–H and O–H groups in total. The van der Waals surface area contributed by atoms with Crippen LogP contribution in [0.1, 0.15) is 51.0 Å². The van der Waals surface area contributed by atoms with Crippen molar-refractivity contribution >= 4 is 15.9 Å². The standard InChI is InChI=1S/C19H32N4O4S/c1-13(2)22-10-7-17(8-11-22)20-19(24)16-6-5-9-23(12-16)28(25,26)18-14(3)21-27-15(18)4/h13,16-17H,5-12H2,1-4H3,(H,20,24). The van der Waals surface area contributed by atoms with E-state index < -0.39 is 10.0 Å². The summed E-state index contributed by atoms with van der Waals surface area (Å²) < 4.78 is 32.5. The van der Waals surface area contributed by atoms with Crippen molar-refractivity contribution in [3.05, 3.63) is 11.5 Å². The van der Waals surface area contributed by atoms with Crippen LogP contribution < -0.4 is 5.32 Å². The third-order valence-corrected chi connectivity index (χ3v) is 8.04. The van der Waals surface area contributed by atoms with Crippen LogP contribution in [-0.4, -0.2) is 66.9 Å². The highest BCUT2D eigenvalue weighted by Crippen LogP contribution is 2.28. The minimum Gasteiger partial charge on any atom is -0.360 e. The Labute approximate surface area is 167 Å². The summed E-state index contributed by atoms with van der Waals surface area (Å²) in [5, 5.41) is 6.92. The van der Waals surface area contributed by atoms with Crippen LogP contribution in [0.3, 0.4) is 0 Å². The van der Waals surface area contributed by atoms with E-state index in [-0.39, 0.29) is 29.3 Å². The lowest BCUT2D eigenvalue weighted by Gasteiger charge is -2.36. The van der Waals surface area contributed by atoms with Gasteiger partial charge in [-0.05, 0) is 53.4 Å². The molecule has 8 nitrogen and oxygen atoms in total. The van der Waals surface area contributed by atoms with Crippen molar-refractivity contribution in [1.29, 1.82) is 0 Å². The number of rotatable bonds is 5. The van der Waals surface area contributed by atoms with E-state index in [1.807, 2.05) is 0 Å². The number of amides is 1. The number of aromatic nitrogens is 1. The normalized spacial score (nSPS) is 23.2. The van der Waals surface area contributed by atoms with Crippen molar-refractivity contribution in [2.45, 2.75) is 70.4 Å². The Balaban J connectivity index is 1.61. The Hall–Kier alpha value is -1.45. The molecule has 1 aromatic rings. The van der Waals surface area contributed by atoms with Gasteiger partial charge in [0.25, 0.3) is 0 Å². The van der Waals surface area contributed by atoms with Crippen LogP contribution in [0, 0.1) is 19.8 Å². The van der Waals surface area contributed by atoms with Crippen molar-refractivity contribution in [3.63, 3.8) is 0 Å². The molecule has 3 rings (SSSR count). The highest BCUT2D eigenvalue weighted by atomic mass is 32.2. The molecule has 2 saturated heterocycles. The monoisotopic (exact) mass is 412 g/mol. The number of nitrogens with zero attached hydrogens (tertiary/aromatic N) is 3. The number of carbonyl (C=O) groups is 1. The molecule has 0 spiro atoms. The molecule has 0 aliphatic carbocycles. The fraction of sp³-hybridized carbons (Fsp3) is 0.789. The van der Waals surface area contributed by atoms with E-state index in [2.05, 4.69) is 29.2 Å². The Morgan fingerprint density at radius 2 is 1.86 bits per heavy atom. The van der Waals surface area contributed by atoms with Gasteiger partial charge in [-0.2, -0.15) is 4.31 Å². The van der Waals surface area contributed by atoms with Gasteiger partial charge in [-0.1, -0.05) is 5.16 Å². The van der Waals surface area contributed by atoms with E-state index in [1.165, 1.54) is 4.31 Å². The fourth-order valence-corrected chi connectivity index (χ4v) is 6.04. The summed E-state index contributed by atoms with van der Waals surface area (Å²) in [6.07, 6.45) is 3.27. The van der Waals surface area contributed by atoms with E-state index in [9.17, 15) is 13.2 Å². The second-order valence-corrected chi connectivity index (χ2v) is 10.1. The SMILES string of the molecule is Cc1noc(C)c1S(=O)(=O)N1CCCC(C(=O)NC2CCN(C(C)C)CC2)C1. The molecule has 0 bridgehead atoms. The zero-order valence-electron chi connectivity index (χ0n) is 17.3. The van der Waals surface area contributed by atoms with Crippen molar-refractivity contribution in [2.75, 3.05) is 26.2 Å². The number of nitrogens with one attached hydrogen (secondary N) is 1. The minimum absolute atomic E-state index is 0.0262. The van der Waals surface area contributed by atoms with Gasteiger partial charge in [-0.15, -0.1) is 0 Å². The first kappa shape index (κ1) is 21.3. The Morgan fingerprint density at radius 1 is 1.18 bits per heavy atom. The molecule has 0 saturated carbocycles. The zero-order valence-corrected chi connectivity index (χ0v) is 18.1. The zero-order chi connectivity index (χ0) is 20.5. The van der Waals surface area contributed by atoms with E-state index >= 15 is 0 Å². The first-order valence-corrected chi connectivity index (χ1v) is 11.6. The van der Waals surface area contributed by atoms with Crippen molar-refractivity contribution in [1.82, 2.24) is 19.7 Å². The number of aryl methyl sites for hydroxylation is 2. The average Bonchev–Trinajstić information content (AvgIpc) is 3.01. The number of hydrogen-bond acceptors (Lipinski definition) is 6. The minimum atomic E-state index is -3.71. The highest BCUT2D eigenvalue weighted by molar-refractivity contribution is 7.89. The molecule has 0 radical (unpaired) electrons. The average molecular weight is 413 g/mol. The van der Waals surface area contributed by atoms with Crippen LogP contribution in [0.15, 0.2) is 9.42 Å². The summed E-state index contributed by atoms with van der Waals surface area (Å²) in [5.41, 5.74) is 0.362. The number of sulfonamides is 1. The summed E-state index contributed by atoms with van der Waals surface area (Å²) in [5.74, 6) is -0.0465. The Bertz CT molecular complexity index is 777. The van der Waals surface area contributed by atoms with Crippen LogP contribution in [0.4, 0.5) is 0 Å². The smallest absolute Gasteiger partial charge is 0.248 e. The molecule has 1 aromatic heterocycles. The van der Waals surface area contributed by atoms with Crippen LogP contribution in [0.2, 0.25) is 0 Å². The third kappa shape index (κ3) is 4.41. The molecule has 2 aliphatic heterocycles. The predicted octanol–water partition coefficient (Wildman–Crippen LogP) is 1.68. The summed E-state index contributed by atoms with van der Waals surface area (Å²) in [6, 6.07) is 0.704. The first-order chi connectivity index (χ1) is 13.2. The molecular weight excluding hydrogens is 380 g/mol. The predicted molar refractivity (Wildman–Crippen MR) is 105 cm³/mol. The molecule has 1 amide bonds. The maximum Gasteiger partial charge on any atom is 0.248 e. The van der Waals surface area contributed by atoms with E-state index in [4.69, 9.17) is 4.52 Å². The second-order valence-electron chi connectivity index (χ2n) is 8.27. The van der Waals surface area contributed by atoms with Gasteiger partial charge in [-0.3, -0.25) is 4.79 Å². The van der Waals surface area contributed by atoms with Crippen molar-refractivity contribution < 1.29 is 17.7 Å². The molecule has 158 valence electrons. The van der Waals surface area contributed by atoms with Gasteiger partial charge < -0.3 is 14.7 Å². The largest absolute Gasteiger partial charge is 0.360 e. The van der Waals surface area contributed by atoms with Gasteiger partial charge >= 0.3 is 0 Å². The molecule has 2 fully saturated rings. The number of hydrogen-bond donors (Lipinski definition) is 1. The van der Waals surface area contributed by atoms with Crippen LogP contribution in [-0.2, 0) is 14.8 Å². The van der Waals surface area contributed by atoms with Crippen LogP contribution in [0.25, 0.3) is 0 Å². The van der Waals surface area contributed by atoms with Gasteiger partial charge in [0.05, 0.1) is 5.92 Å². The lowest BCUT2D eigenvalue weighted by molar-refractivity contribution is -0.127. The van der Waals surface area contributed by atoms with Crippen molar-refractivity contribution in [2.24, 2.45) is 5.92 Å². The molecular formula is C19H32N4O4S. The van der Waals surface area contributed by atoms with Gasteiger partial charge in [-0.25, -0.2) is 8.42 Å². The maximum atomic E-state index is 13.0. The molecule has 9 heteroatoms.